The van der Waals surface area contributed by atoms with Crippen LogP contribution in [0.2, 0.25) is 0 Å². The first-order valence-electron chi connectivity index (χ1n) is 6.45. The van der Waals surface area contributed by atoms with Gasteiger partial charge in [0.25, 0.3) is 0 Å². The van der Waals surface area contributed by atoms with E-state index in [1.54, 1.807) is 0 Å². The van der Waals surface area contributed by atoms with Crippen LogP contribution in [0.15, 0.2) is 30.3 Å². The van der Waals surface area contributed by atoms with E-state index in [2.05, 4.69) is 47.5 Å². The SMILES string of the molecule is C[C@@H]1CNCCN1Cc1ccccc1.O=C(O)C(=O)O. The fourth-order valence-electron chi connectivity index (χ4n) is 1.94. The number of aliphatic carboxylic acids is 2. The van der Waals surface area contributed by atoms with Crippen LogP contribution in [0.1, 0.15) is 12.5 Å². The van der Waals surface area contributed by atoms with Crippen molar-refractivity contribution in [3.8, 4) is 0 Å². The summed E-state index contributed by atoms with van der Waals surface area (Å²) in [5, 5.41) is 18.2. The number of hydrogen-bond donors (Lipinski definition) is 3. The Morgan fingerprint density at radius 1 is 1.25 bits per heavy atom. The minimum atomic E-state index is -1.82. The number of carbonyl (C=O) groups is 2. The first-order valence-corrected chi connectivity index (χ1v) is 6.45. The molecule has 0 radical (unpaired) electrons. The normalized spacial score (nSPS) is 18.8. The predicted molar refractivity (Wildman–Crippen MR) is 74.5 cm³/mol. The van der Waals surface area contributed by atoms with Crippen LogP contribution in [0.5, 0.6) is 0 Å². The van der Waals surface area contributed by atoms with Crippen molar-refractivity contribution in [3.05, 3.63) is 35.9 Å². The van der Waals surface area contributed by atoms with Gasteiger partial charge >= 0.3 is 11.9 Å². The number of benzene rings is 1. The molecule has 0 spiro atoms. The highest BCUT2D eigenvalue weighted by molar-refractivity contribution is 6.27. The molecule has 1 atom stereocenters. The number of nitrogens with one attached hydrogen (secondary N) is 1. The van der Waals surface area contributed by atoms with Crippen molar-refractivity contribution in [1.29, 1.82) is 0 Å². The molecule has 110 valence electrons. The molecule has 0 aromatic heterocycles. The van der Waals surface area contributed by atoms with Crippen molar-refractivity contribution in [3.63, 3.8) is 0 Å². The van der Waals surface area contributed by atoms with Gasteiger partial charge in [-0.25, -0.2) is 9.59 Å². The lowest BCUT2D eigenvalue weighted by Gasteiger charge is -2.33. The Kier molecular flexibility index (Phi) is 6.69. The Morgan fingerprint density at radius 3 is 2.35 bits per heavy atom. The van der Waals surface area contributed by atoms with Crippen molar-refractivity contribution in [2.24, 2.45) is 0 Å². The molecule has 0 amide bonds. The average Bonchev–Trinajstić information content (AvgIpc) is 2.43. The lowest BCUT2D eigenvalue weighted by Crippen LogP contribution is -2.49. The lowest BCUT2D eigenvalue weighted by molar-refractivity contribution is -0.159. The number of piperazine rings is 1. The number of hydrogen-bond acceptors (Lipinski definition) is 4. The van der Waals surface area contributed by atoms with Crippen molar-refractivity contribution >= 4 is 11.9 Å². The Labute approximate surface area is 118 Å². The van der Waals surface area contributed by atoms with E-state index < -0.39 is 11.9 Å². The third-order valence-electron chi connectivity index (χ3n) is 3.05. The molecule has 1 heterocycles. The van der Waals surface area contributed by atoms with Gasteiger partial charge in [0, 0.05) is 32.2 Å². The summed E-state index contributed by atoms with van der Waals surface area (Å²) < 4.78 is 0. The second-order valence-electron chi connectivity index (χ2n) is 4.62. The monoisotopic (exact) mass is 280 g/mol. The van der Waals surface area contributed by atoms with Gasteiger partial charge in [0.15, 0.2) is 0 Å². The topological polar surface area (TPSA) is 89.9 Å². The van der Waals surface area contributed by atoms with Gasteiger partial charge in [-0.2, -0.15) is 0 Å². The third kappa shape index (κ3) is 5.81. The highest BCUT2D eigenvalue weighted by Gasteiger charge is 2.17. The van der Waals surface area contributed by atoms with E-state index in [1.807, 2.05) is 0 Å². The molecule has 1 saturated heterocycles. The minimum absolute atomic E-state index is 0.656. The minimum Gasteiger partial charge on any atom is -0.473 e. The van der Waals surface area contributed by atoms with Gasteiger partial charge in [-0.15, -0.1) is 0 Å². The first kappa shape index (κ1) is 16.1. The van der Waals surface area contributed by atoms with Crippen molar-refractivity contribution < 1.29 is 19.8 Å². The first-order chi connectivity index (χ1) is 9.50. The Bertz CT molecular complexity index is 424. The van der Waals surface area contributed by atoms with E-state index in [0.717, 1.165) is 26.2 Å². The summed E-state index contributed by atoms with van der Waals surface area (Å²) in [4.78, 5) is 20.7. The molecule has 6 heteroatoms. The quantitative estimate of drug-likeness (QED) is 0.689. The molecular weight excluding hydrogens is 260 g/mol. The Balaban J connectivity index is 0.000000286. The summed E-state index contributed by atoms with van der Waals surface area (Å²) in [6, 6.07) is 11.4. The summed E-state index contributed by atoms with van der Waals surface area (Å²) in [6.07, 6.45) is 0. The molecule has 0 aliphatic carbocycles. The van der Waals surface area contributed by atoms with Crippen LogP contribution in [-0.4, -0.2) is 52.7 Å². The molecule has 6 nitrogen and oxygen atoms in total. The number of rotatable bonds is 2. The smallest absolute Gasteiger partial charge is 0.414 e. The molecule has 1 aliphatic rings. The number of carboxylic acids is 2. The van der Waals surface area contributed by atoms with Crippen molar-refractivity contribution in [2.75, 3.05) is 19.6 Å². The van der Waals surface area contributed by atoms with E-state index >= 15 is 0 Å². The maximum Gasteiger partial charge on any atom is 0.414 e. The largest absolute Gasteiger partial charge is 0.473 e. The Morgan fingerprint density at radius 2 is 1.85 bits per heavy atom. The van der Waals surface area contributed by atoms with Gasteiger partial charge in [-0.05, 0) is 12.5 Å². The van der Waals surface area contributed by atoms with Gasteiger partial charge < -0.3 is 15.5 Å². The van der Waals surface area contributed by atoms with E-state index in [-0.39, 0.29) is 0 Å². The molecule has 0 saturated carbocycles. The number of nitrogens with zero attached hydrogens (tertiary/aromatic N) is 1. The standard InChI is InChI=1S/C12H18N2.C2H2O4/c1-11-9-13-7-8-14(11)10-12-5-3-2-4-6-12;3-1(4)2(5)6/h2-6,11,13H,7-10H2,1H3;(H,3,4)(H,5,6)/t11-;/m1./s1. The van der Waals surface area contributed by atoms with Crippen LogP contribution in [0, 0.1) is 0 Å². The third-order valence-corrected chi connectivity index (χ3v) is 3.05. The summed E-state index contributed by atoms with van der Waals surface area (Å²) in [7, 11) is 0. The van der Waals surface area contributed by atoms with Crippen LogP contribution in [-0.2, 0) is 16.1 Å². The zero-order valence-corrected chi connectivity index (χ0v) is 11.5. The average molecular weight is 280 g/mol. The second kappa shape index (κ2) is 8.29. The molecule has 2 rings (SSSR count). The van der Waals surface area contributed by atoms with Gasteiger partial charge in [0.2, 0.25) is 0 Å². The van der Waals surface area contributed by atoms with E-state index in [0.29, 0.717) is 6.04 Å². The summed E-state index contributed by atoms with van der Waals surface area (Å²) in [6.45, 7) is 6.78. The molecule has 1 aromatic rings. The molecule has 0 bridgehead atoms. The summed E-state index contributed by atoms with van der Waals surface area (Å²) >= 11 is 0. The number of carboxylic acid groups (broad SMARTS) is 2. The zero-order valence-electron chi connectivity index (χ0n) is 11.5. The van der Waals surface area contributed by atoms with Crippen molar-refractivity contribution in [1.82, 2.24) is 10.2 Å². The molecule has 1 aliphatic heterocycles. The fraction of sp³-hybridized carbons (Fsp3) is 0.429. The van der Waals surface area contributed by atoms with E-state index in [9.17, 15) is 0 Å². The molecular formula is C14H20N2O4. The molecule has 20 heavy (non-hydrogen) atoms. The van der Waals surface area contributed by atoms with E-state index in [4.69, 9.17) is 19.8 Å². The summed E-state index contributed by atoms with van der Waals surface area (Å²) in [5.74, 6) is -3.65. The van der Waals surface area contributed by atoms with Crippen molar-refractivity contribution in [2.45, 2.75) is 19.5 Å². The maximum atomic E-state index is 9.10. The molecule has 1 fully saturated rings. The van der Waals surface area contributed by atoms with Gasteiger partial charge in [0.1, 0.15) is 0 Å². The van der Waals surface area contributed by atoms with Crippen LogP contribution in [0.3, 0.4) is 0 Å². The highest BCUT2D eigenvalue weighted by atomic mass is 16.4. The van der Waals surface area contributed by atoms with Gasteiger partial charge in [0.05, 0.1) is 0 Å². The molecule has 1 aromatic carbocycles. The second-order valence-corrected chi connectivity index (χ2v) is 4.62. The van der Waals surface area contributed by atoms with Gasteiger partial charge in [-0.1, -0.05) is 30.3 Å². The molecule has 0 unspecified atom stereocenters. The highest BCUT2D eigenvalue weighted by Crippen LogP contribution is 2.09. The zero-order chi connectivity index (χ0) is 15.0. The predicted octanol–water partition coefficient (Wildman–Crippen LogP) is 0.636. The van der Waals surface area contributed by atoms with Crippen LogP contribution < -0.4 is 5.32 Å². The molecule has 3 N–H and O–H groups in total. The maximum absolute atomic E-state index is 9.10. The van der Waals surface area contributed by atoms with Crippen LogP contribution in [0.25, 0.3) is 0 Å². The fourth-order valence-corrected chi connectivity index (χ4v) is 1.94. The van der Waals surface area contributed by atoms with Crippen LogP contribution in [0.4, 0.5) is 0 Å². The van der Waals surface area contributed by atoms with Crippen LogP contribution >= 0.6 is 0 Å². The summed E-state index contributed by atoms with van der Waals surface area (Å²) in [5.41, 5.74) is 1.42. The lowest BCUT2D eigenvalue weighted by atomic mass is 10.1. The van der Waals surface area contributed by atoms with E-state index in [1.165, 1.54) is 5.56 Å². The van der Waals surface area contributed by atoms with Gasteiger partial charge in [-0.3, -0.25) is 4.90 Å². The Hall–Kier alpha value is -1.92.